The van der Waals surface area contributed by atoms with Gasteiger partial charge in [-0.25, -0.2) is 0 Å². The first kappa shape index (κ1) is 18.8. The van der Waals surface area contributed by atoms with E-state index in [1.54, 1.807) is 0 Å². The Labute approximate surface area is 170 Å². The second-order valence-corrected chi connectivity index (χ2v) is 11.0. The summed E-state index contributed by atoms with van der Waals surface area (Å²) < 4.78 is 18.4. The summed E-state index contributed by atoms with van der Waals surface area (Å²) in [6.07, 6.45) is -0.889. The number of aliphatic hydroxyl groups excluding tert-OH is 2. The van der Waals surface area contributed by atoms with Crippen LogP contribution in [0.15, 0.2) is 12.2 Å². The van der Waals surface area contributed by atoms with E-state index in [-0.39, 0.29) is 17.3 Å². The van der Waals surface area contributed by atoms with Crippen LogP contribution in [0.3, 0.4) is 0 Å². The summed E-state index contributed by atoms with van der Waals surface area (Å²) in [5.74, 6) is -3.39. The Morgan fingerprint density at radius 2 is 1.97 bits per heavy atom. The van der Waals surface area contributed by atoms with Crippen molar-refractivity contribution in [1.82, 2.24) is 0 Å². The summed E-state index contributed by atoms with van der Waals surface area (Å²) in [5, 5.41) is 35.1. The molecule has 0 amide bonds. The molecular formula is C22H30O7. The van der Waals surface area contributed by atoms with Crippen molar-refractivity contribution >= 4 is 5.97 Å². The van der Waals surface area contributed by atoms with E-state index in [0.29, 0.717) is 12.0 Å². The monoisotopic (exact) mass is 406 g/mol. The highest BCUT2D eigenvalue weighted by atomic mass is 16.8. The minimum Gasteiger partial charge on any atom is -0.457 e. The lowest BCUT2D eigenvalue weighted by Gasteiger charge is -2.80. The molecule has 4 aliphatic carbocycles. The highest BCUT2D eigenvalue weighted by Crippen LogP contribution is 2.82. The largest absolute Gasteiger partial charge is 0.457 e. The zero-order valence-corrected chi connectivity index (χ0v) is 17.1. The maximum absolute atomic E-state index is 12.1. The molecule has 8 aliphatic rings. The molecule has 0 aromatic carbocycles. The van der Waals surface area contributed by atoms with Crippen molar-refractivity contribution in [1.29, 1.82) is 0 Å². The van der Waals surface area contributed by atoms with Gasteiger partial charge in [-0.05, 0) is 30.3 Å². The fourth-order valence-corrected chi connectivity index (χ4v) is 9.06. The molecule has 7 heteroatoms. The van der Waals surface area contributed by atoms with E-state index in [4.69, 9.17) is 14.2 Å². The average Bonchev–Trinajstić information content (AvgIpc) is 2.77. The van der Waals surface area contributed by atoms with Crippen LogP contribution in [0.5, 0.6) is 0 Å². The van der Waals surface area contributed by atoms with Gasteiger partial charge in [-0.15, -0.1) is 0 Å². The first-order valence-electron chi connectivity index (χ1n) is 10.8. The van der Waals surface area contributed by atoms with Gasteiger partial charge < -0.3 is 29.5 Å². The molecule has 2 spiro atoms. The third-order valence-electron chi connectivity index (χ3n) is 9.53. The lowest BCUT2D eigenvalue weighted by atomic mass is 9.34. The van der Waals surface area contributed by atoms with Gasteiger partial charge in [0.15, 0.2) is 6.29 Å². The van der Waals surface area contributed by atoms with E-state index in [1.165, 1.54) is 6.92 Å². The topological polar surface area (TPSA) is 105 Å². The van der Waals surface area contributed by atoms with Crippen molar-refractivity contribution < 1.29 is 34.3 Å². The highest BCUT2D eigenvalue weighted by Gasteiger charge is 2.92. The molecule has 0 aromatic heterocycles. The van der Waals surface area contributed by atoms with Gasteiger partial charge in [-0.3, -0.25) is 4.79 Å². The molecular weight excluding hydrogens is 376 g/mol. The lowest BCUT2D eigenvalue weighted by molar-refractivity contribution is -0.569. The van der Waals surface area contributed by atoms with Gasteiger partial charge in [0, 0.05) is 30.1 Å². The molecule has 7 bridgehead atoms. The van der Waals surface area contributed by atoms with Crippen molar-refractivity contribution in [3.8, 4) is 0 Å². The van der Waals surface area contributed by atoms with Crippen LogP contribution in [0.1, 0.15) is 46.5 Å². The van der Waals surface area contributed by atoms with E-state index in [1.807, 2.05) is 0 Å². The maximum Gasteiger partial charge on any atom is 0.303 e. The van der Waals surface area contributed by atoms with Crippen LogP contribution in [-0.2, 0) is 19.0 Å². The Morgan fingerprint density at radius 1 is 1.24 bits per heavy atom. The van der Waals surface area contributed by atoms with Crippen LogP contribution in [-0.4, -0.2) is 57.8 Å². The van der Waals surface area contributed by atoms with Gasteiger partial charge in [0.1, 0.15) is 17.6 Å². The average molecular weight is 406 g/mol. The molecule has 8 rings (SSSR count). The standard InChI is InChI=1S/C22H30O7/c1-9-11-8-12(24)13-20-7-5-6-19(3,4)14(20)15(25)22(26)21(13,16(9)27-10(2)23)17(11)28-18(20)29-22/h11-18,24-26H,1,5-8H2,2-4H3/t11-,12-,13-,14+,15-,16+,17+,18?,20+,21-,22-/m0/s1. The number of carbonyl (C=O) groups is 1. The molecule has 11 atom stereocenters. The Kier molecular flexibility index (Phi) is 3.28. The van der Waals surface area contributed by atoms with E-state index < -0.39 is 59.2 Å². The molecule has 8 fully saturated rings. The molecule has 1 unspecified atom stereocenters. The van der Waals surface area contributed by atoms with E-state index in [2.05, 4.69) is 20.4 Å². The van der Waals surface area contributed by atoms with Crippen LogP contribution in [0.25, 0.3) is 0 Å². The van der Waals surface area contributed by atoms with Crippen LogP contribution in [0.2, 0.25) is 0 Å². The SMILES string of the molecule is C=C1[C@@H](OC(C)=O)[C@@]23[C@@H]4OC5O[C@@]2(O)[C@@H](O)[C@@H]2C(C)(C)CCC[C@]52[C@@H]3[C@@H](O)C[C@@H]14. The maximum atomic E-state index is 12.1. The first-order chi connectivity index (χ1) is 13.5. The van der Waals surface area contributed by atoms with Gasteiger partial charge in [-0.1, -0.05) is 26.8 Å². The summed E-state index contributed by atoms with van der Waals surface area (Å²) in [6.45, 7) is 9.75. The van der Waals surface area contributed by atoms with Gasteiger partial charge in [-0.2, -0.15) is 0 Å². The van der Waals surface area contributed by atoms with Crippen molar-refractivity contribution in [3.63, 3.8) is 0 Å². The first-order valence-corrected chi connectivity index (χ1v) is 10.8. The number of carbonyl (C=O) groups excluding carboxylic acids is 1. The summed E-state index contributed by atoms with van der Waals surface area (Å²) in [6, 6.07) is 0. The molecule has 4 saturated heterocycles. The molecule has 4 heterocycles. The van der Waals surface area contributed by atoms with Crippen LogP contribution in [0.4, 0.5) is 0 Å². The quantitative estimate of drug-likeness (QED) is 0.442. The molecule has 7 nitrogen and oxygen atoms in total. The van der Waals surface area contributed by atoms with E-state index in [9.17, 15) is 20.1 Å². The highest BCUT2D eigenvalue weighted by molar-refractivity contribution is 5.67. The zero-order valence-electron chi connectivity index (χ0n) is 17.1. The lowest BCUT2D eigenvalue weighted by Crippen LogP contribution is -2.91. The van der Waals surface area contributed by atoms with Crippen LogP contribution < -0.4 is 0 Å². The Morgan fingerprint density at radius 3 is 2.66 bits per heavy atom. The number of hydrogen-bond acceptors (Lipinski definition) is 7. The molecule has 0 radical (unpaired) electrons. The summed E-state index contributed by atoms with van der Waals surface area (Å²) in [5.41, 5.74) is -1.51. The Balaban J connectivity index is 1.66. The molecule has 160 valence electrons. The zero-order chi connectivity index (χ0) is 20.7. The van der Waals surface area contributed by atoms with Crippen molar-refractivity contribution in [3.05, 3.63) is 12.2 Å². The number of aliphatic hydroxyl groups is 3. The van der Waals surface area contributed by atoms with Crippen molar-refractivity contribution in [2.45, 2.75) is 82.9 Å². The van der Waals surface area contributed by atoms with E-state index >= 15 is 0 Å². The minimum absolute atomic E-state index is 0.249. The second-order valence-electron chi connectivity index (χ2n) is 11.0. The summed E-state index contributed by atoms with van der Waals surface area (Å²) in [7, 11) is 0. The molecule has 4 saturated carbocycles. The molecule has 29 heavy (non-hydrogen) atoms. The fourth-order valence-electron chi connectivity index (χ4n) is 9.06. The molecule has 3 N–H and O–H groups in total. The number of rotatable bonds is 1. The number of ether oxygens (including phenoxy) is 3. The van der Waals surface area contributed by atoms with Crippen molar-refractivity contribution in [2.24, 2.45) is 34.0 Å². The van der Waals surface area contributed by atoms with E-state index in [0.717, 1.165) is 19.3 Å². The van der Waals surface area contributed by atoms with Crippen LogP contribution >= 0.6 is 0 Å². The second kappa shape index (κ2) is 5.07. The predicted octanol–water partition coefficient (Wildman–Crippen LogP) is 1.10. The molecule has 4 aliphatic heterocycles. The van der Waals surface area contributed by atoms with Crippen molar-refractivity contribution in [2.75, 3.05) is 0 Å². The Bertz CT molecular complexity index is 824. The van der Waals surface area contributed by atoms with Gasteiger partial charge >= 0.3 is 5.97 Å². The summed E-state index contributed by atoms with van der Waals surface area (Å²) >= 11 is 0. The Hall–Kier alpha value is -0.990. The number of hydrogen-bond donors (Lipinski definition) is 3. The van der Waals surface area contributed by atoms with Gasteiger partial charge in [0.25, 0.3) is 0 Å². The minimum atomic E-state index is -1.97. The molecule has 0 aromatic rings. The van der Waals surface area contributed by atoms with Gasteiger partial charge in [0.2, 0.25) is 5.79 Å². The fraction of sp³-hybridized carbons (Fsp3) is 0.864. The third-order valence-corrected chi connectivity index (χ3v) is 9.53. The smallest absolute Gasteiger partial charge is 0.303 e. The number of esters is 1. The normalized spacial score (nSPS) is 60.8. The predicted molar refractivity (Wildman–Crippen MR) is 99.0 cm³/mol. The van der Waals surface area contributed by atoms with Gasteiger partial charge in [0.05, 0.1) is 12.2 Å². The van der Waals surface area contributed by atoms with Crippen LogP contribution in [0, 0.1) is 34.0 Å². The summed E-state index contributed by atoms with van der Waals surface area (Å²) in [4.78, 5) is 12.0. The third kappa shape index (κ3) is 1.66.